The summed E-state index contributed by atoms with van der Waals surface area (Å²) in [5, 5.41) is 18.4. The zero-order valence-electron chi connectivity index (χ0n) is 8.74. The van der Waals surface area contributed by atoms with Crippen LogP contribution < -0.4 is 0 Å². The quantitative estimate of drug-likeness (QED) is 0.505. The molecule has 0 amide bonds. The van der Waals surface area contributed by atoms with Gasteiger partial charge < -0.3 is 9.68 Å². The third-order valence-electron chi connectivity index (χ3n) is 2.80. The van der Waals surface area contributed by atoms with Crippen molar-refractivity contribution >= 4 is 0 Å². The second-order valence-electron chi connectivity index (χ2n) is 3.93. The van der Waals surface area contributed by atoms with E-state index >= 15 is 0 Å². The van der Waals surface area contributed by atoms with Gasteiger partial charge in [-0.15, -0.1) is 20.2 Å². The van der Waals surface area contributed by atoms with Crippen molar-refractivity contribution in [3.05, 3.63) is 20.2 Å². The molecule has 0 atom stereocenters. The number of hydrogen-bond donors (Lipinski definition) is 0. The zero-order valence-corrected chi connectivity index (χ0v) is 8.74. The smallest absolute Gasteiger partial charge is 0.294 e. The maximum Gasteiger partial charge on any atom is 0.294 e. The molecule has 92 valence electrons. The van der Waals surface area contributed by atoms with Gasteiger partial charge in [-0.2, -0.15) is 0 Å². The Morgan fingerprint density at radius 1 is 0.875 bits per heavy atom. The van der Waals surface area contributed by atoms with Gasteiger partial charge in [0.2, 0.25) is 0 Å². The highest BCUT2D eigenvalue weighted by Gasteiger charge is 2.22. The lowest BCUT2D eigenvalue weighted by Crippen LogP contribution is -2.23. The molecular formula is C8H14N2O6. The van der Waals surface area contributed by atoms with Crippen molar-refractivity contribution in [3.8, 4) is 0 Å². The predicted molar refractivity (Wildman–Crippen MR) is 51.3 cm³/mol. The molecule has 1 aliphatic carbocycles. The van der Waals surface area contributed by atoms with Crippen LogP contribution in [0.25, 0.3) is 0 Å². The fourth-order valence-electron chi connectivity index (χ4n) is 1.90. The summed E-state index contributed by atoms with van der Waals surface area (Å²) in [6.07, 6.45) is 3.17. The first-order chi connectivity index (χ1) is 7.58. The molecule has 0 aromatic heterocycles. The SMILES string of the molecule is O=[N+]([O-])OCC1CCC(CO[N+](=O)[O-])CC1. The first kappa shape index (κ1) is 12.5. The molecule has 0 aliphatic heterocycles. The maximum atomic E-state index is 9.97. The van der Waals surface area contributed by atoms with E-state index in [9.17, 15) is 20.2 Å². The molecule has 0 radical (unpaired) electrons. The molecule has 0 bridgehead atoms. The molecule has 0 aromatic carbocycles. The van der Waals surface area contributed by atoms with Gasteiger partial charge in [-0.1, -0.05) is 0 Å². The van der Waals surface area contributed by atoms with Gasteiger partial charge in [-0.25, -0.2) is 0 Å². The molecule has 1 saturated carbocycles. The molecule has 0 N–H and O–H groups in total. The van der Waals surface area contributed by atoms with Gasteiger partial charge in [0.1, 0.15) is 0 Å². The van der Waals surface area contributed by atoms with Crippen LogP contribution in [0.15, 0.2) is 0 Å². The average Bonchev–Trinajstić information content (AvgIpc) is 2.25. The minimum absolute atomic E-state index is 0.121. The van der Waals surface area contributed by atoms with E-state index in [1.54, 1.807) is 0 Å². The van der Waals surface area contributed by atoms with Gasteiger partial charge in [0.15, 0.2) is 0 Å². The Morgan fingerprint density at radius 2 is 1.19 bits per heavy atom. The number of nitrogens with zero attached hydrogens (tertiary/aromatic N) is 2. The van der Waals surface area contributed by atoms with Crippen LogP contribution in [0.3, 0.4) is 0 Å². The van der Waals surface area contributed by atoms with Crippen molar-refractivity contribution in [2.24, 2.45) is 11.8 Å². The van der Waals surface area contributed by atoms with Crippen LogP contribution in [0.1, 0.15) is 25.7 Å². The molecule has 0 unspecified atom stereocenters. The lowest BCUT2D eigenvalue weighted by Gasteiger charge is -2.26. The summed E-state index contributed by atoms with van der Waals surface area (Å²) < 4.78 is 0. The van der Waals surface area contributed by atoms with E-state index in [1.807, 2.05) is 0 Å². The van der Waals surface area contributed by atoms with E-state index in [-0.39, 0.29) is 25.0 Å². The van der Waals surface area contributed by atoms with Gasteiger partial charge in [-0.3, -0.25) is 0 Å². The third-order valence-corrected chi connectivity index (χ3v) is 2.80. The highest BCUT2D eigenvalue weighted by molar-refractivity contribution is 4.71. The van der Waals surface area contributed by atoms with Crippen LogP contribution in [-0.4, -0.2) is 23.4 Å². The Kier molecular flexibility index (Phi) is 4.74. The van der Waals surface area contributed by atoms with Crippen LogP contribution in [0, 0.1) is 32.1 Å². The van der Waals surface area contributed by atoms with Crippen molar-refractivity contribution in [1.29, 1.82) is 0 Å². The van der Waals surface area contributed by atoms with Crippen molar-refractivity contribution in [2.45, 2.75) is 25.7 Å². The van der Waals surface area contributed by atoms with E-state index in [1.165, 1.54) is 0 Å². The molecule has 0 spiro atoms. The second-order valence-corrected chi connectivity index (χ2v) is 3.93. The van der Waals surface area contributed by atoms with E-state index in [4.69, 9.17) is 0 Å². The van der Waals surface area contributed by atoms with Gasteiger partial charge in [-0.05, 0) is 37.5 Å². The summed E-state index contributed by atoms with van der Waals surface area (Å²) in [5.74, 6) is 0.356. The summed E-state index contributed by atoms with van der Waals surface area (Å²) in [5.41, 5.74) is 0. The van der Waals surface area contributed by atoms with E-state index in [0.29, 0.717) is 0 Å². The summed E-state index contributed by atoms with van der Waals surface area (Å²) in [4.78, 5) is 28.5. The van der Waals surface area contributed by atoms with Gasteiger partial charge in [0.05, 0.1) is 13.2 Å². The number of hydrogen-bond acceptors (Lipinski definition) is 6. The normalized spacial score (nSPS) is 24.8. The summed E-state index contributed by atoms with van der Waals surface area (Å²) >= 11 is 0. The van der Waals surface area contributed by atoms with Crippen molar-refractivity contribution in [2.75, 3.05) is 13.2 Å². The lowest BCUT2D eigenvalue weighted by molar-refractivity contribution is -0.760. The molecule has 0 saturated heterocycles. The molecule has 1 fully saturated rings. The highest BCUT2D eigenvalue weighted by Crippen LogP contribution is 2.29. The summed E-state index contributed by atoms with van der Waals surface area (Å²) in [6.45, 7) is 0.242. The minimum atomic E-state index is -0.790. The maximum absolute atomic E-state index is 9.97. The van der Waals surface area contributed by atoms with Gasteiger partial charge in [0, 0.05) is 0 Å². The zero-order chi connectivity index (χ0) is 12.0. The first-order valence-corrected chi connectivity index (χ1v) is 5.12. The fourth-order valence-corrected chi connectivity index (χ4v) is 1.90. The van der Waals surface area contributed by atoms with Crippen LogP contribution in [0.4, 0.5) is 0 Å². The van der Waals surface area contributed by atoms with Crippen LogP contribution in [0.2, 0.25) is 0 Å². The second kappa shape index (κ2) is 6.09. The molecule has 0 aromatic rings. The molecule has 0 heterocycles. The van der Waals surface area contributed by atoms with Crippen LogP contribution in [-0.2, 0) is 9.68 Å². The van der Waals surface area contributed by atoms with E-state index in [0.717, 1.165) is 25.7 Å². The Labute approximate surface area is 91.7 Å². The number of rotatable bonds is 6. The van der Waals surface area contributed by atoms with Crippen LogP contribution in [0.5, 0.6) is 0 Å². The molecule has 1 aliphatic rings. The third kappa shape index (κ3) is 4.76. The average molecular weight is 234 g/mol. The van der Waals surface area contributed by atoms with Gasteiger partial charge in [0.25, 0.3) is 10.2 Å². The minimum Gasteiger partial charge on any atom is -0.314 e. The molecular weight excluding hydrogens is 220 g/mol. The fraction of sp³-hybridized carbons (Fsp3) is 1.00. The summed E-state index contributed by atoms with van der Waals surface area (Å²) in [6, 6.07) is 0. The predicted octanol–water partition coefficient (Wildman–Crippen LogP) is 1.21. The molecule has 8 heteroatoms. The Morgan fingerprint density at radius 3 is 1.44 bits per heavy atom. The van der Waals surface area contributed by atoms with Crippen molar-refractivity contribution in [3.63, 3.8) is 0 Å². The van der Waals surface area contributed by atoms with E-state index < -0.39 is 10.2 Å². The first-order valence-electron chi connectivity index (χ1n) is 5.12. The van der Waals surface area contributed by atoms with Crippen LogP contribution >= 0.6 is 0 Å². The van der Waals surface area contributed by atoms with Gasteiger partial charge >= 0.3 is 0 Å². The lowest BCUT2D eigenvalue weighted by atomic mass is 9.83. The molecule has 16 heavy (non-hydrogen) atoms. The largest absolute Gasteiger partial charge is 0.314 e. The Balaban J connectivity index is 2.13. The topological polar surface area (TPSA) is 105 Å². The monoisotopic (exact) mass is 234 g/mol. The Hall–Kier alpha value is -1.60. The molecule has 1 rings (SSSR count). The highest BCUT2D eigenvalue weighted by atomic mass is 17.0. The summed E-state index contributed by atoms with van der Waals surface area (Å²) in [7, 11) is 0. The van der Waals surface area contributed by atoms with E-state index in [2.05, 4.69) is 9.68 Å². The molecule has 8 nitrogen and oxygen atoms in total. The standard InChI is InChI=1S/C8H14N2O6/c11-9(12)15-5-7-1-2-8(4-3-7)6-16-10(13)14/h7-8H,1-6H2. The Bertz CT molecular complexity index is 225. The van der Waals surface area contributed by atoms with Crippen molar-refractivity contribution in [1.82, 2.24) is 0 Å². The van der Waals surface area contributed by atoms with Crippen molar-refractivity contribution < 1.29 is 19.8 Å².